The van der Waals surface area contributed by atoms with E-state index in [0.717, 1.165) is 19.4 Å². The van der Waals surface area contributed by atoms with Gasteiger partial charge in [-0.15, -0.1) is 11.3 Å². The molecular formula is C12H15NOS. The number of hydrogen-bond acceptors (Lipinski definition) is 3. The van der Waals surface area contributed by atoms with Gasteiger partial charge in [-0.2, -0.15) is 0 Å². The summed E-state index contributed by atoms with van der Waals surface area (Å²) in [7, 11) is 0. The zero-order valence-corrected chi connectivity index (χ0v) is 9.50. The molecule has 0 aliphatic carbocycles. The quantitative estimate of drug-likeness (QED) is 0.764. The molecule has 80 valence electrons. The van der Waals surface area contributed by atoms with Gasteiger partial charge in [0.25, 0.3) is 0 Å². The SMILES string of the molecule is O=C1C[C@H]2CC[C@@H](C1)N2Cc1cccs1. The first-order valence-electron chi connectivity index (χ1n) is 5.63. The van der Waals surface area contributed by atoms with Crippen molar-refractivity contribution in [1.82, 2.24) is 4.90 Å². The second kappa shape index (κ2) is 3.72. The van der Waals surface area contributed by atoms with E-state index in [2.05, 4.69) is 22.4 Å². The summed E-state index contributed by atoms with van der Waals surface area (Å²) in [5, 5.41) is 2.13. The summed E-state index contributed by atoms with van der Waals surface area (Å²) in [4.78, 5) is 15.4. The van der Waals surface area contributed by atoms with Crippen LogP contribution >= 0.6 is 11.3 Å². The van der Waals surface area contributed by atoms with Gasteiger partial charge in [0.05, 0.1) is 0 Å². The van der Waals surface area contributed by atoms with Crippen LogP contribution < -0.4 is 0 Å². The van der Waals surface area contributed by atoms with E-state index in [9.17, 15) is 4.79 Å². The number of carbonyl (C=O) groups excluding carboxylic acids is 1. The Kier molecular flexibility index (Phi) is 2.37. The molecule has 15 heavy (non-hydrogen) atoms. The van der Waals surface area contributed by atoms with Gasteiger partial charge >= 0.3 is 0 Å². The van der Waals surface area contributed by atoms with E-state index in [-0.39, 0.29) is 0 Å². The summed E-state index contributed by atoms with van der Waals surface area (Å²) < 4.78 is 0. The summed E-state index contributed by atoms with van der Waals surface area (Å²) in [5.41, 5.74) is 0. The third kappa shape index (κ3) is 1.74. The molecule has 1 aromatic heterocycles. The molecule has 1 aromatic rings. The second-order valence-electron chi connectivity index (χ2n) is 4.58. The Morgan fingerprint density at radius 1 is 1.33 bits per heavy atom. The lowest BCUT2D eigenvalue weighted by Gasteiger charge is -2.33. The van der Waals surface area contributed by atoms with Gasteiger partial charge in [0, 0.05) is 36.3 Å². The van der Waals surface area contributed by atoms with E-state index in [1.54, 1.807) is 0 Å². The Hall–Kier alpha value is -0.670. The van der Waals surface area contributed by atoms with Gasteiger partial charge in [-0.3, -0.25) is 9.69 Å². The maximum atomic E-state index is 11.4. The van der Waals surface area contributed by atoms with Gasteiger partial charge < -0.3 is 0 Å². The Morgan fingerprint density at radius 2 is 2.07 bits per heavy atom. The van der Waals surface area contributed by atoms with Crippen molar-refractivity contribution in [2.24, 2.45) is 0 Å². The van der Waals surface area contributed by atoms with Gasteiger partial charge in [0.15, 0.2) is 0 Å². The maximum Gasteiger partial charge on any atom is 0.136 e. The molecule has 0 amide bonds. The smallest absolute Gasteiger partial charge is 0.136 e. The number of fused-ring (bicyclic) bond motifs is 2. The summed E-state index contributed by atoms with van der Waals surface area (Å²) in [6, 6.07) is 5.38. The highest BCUT2D eigenvalue weighted by molar-refractivity contribution is 7.09. The predicted octanol–water partition coefficient (Wildman–Crippen LogP) is 2.44. The molecule has 3 heterocycles. The number of piperidine rings is 1. The Morgan fingerprint density at radius 3 is 2.67 bits per heavy atom. The molecule has 3 heteroatoms. The summed E-state index contributed by atoms with van der Waals surface area (Å²) in [6.07, 6.45) is 4.04. The highest BCUT2D eigenvalue weighted by atomic mass is 32.1. The molecule has 2 atom stereocenters. The van der Waals surface area contributed by atoms with Crippen molar-refractivity contribution in [3.63, 3.8) is 0 Å². The van der Waals surface area contributed by atoms with Crippen molar-refractivity contribution in [3.8, 4) is 0 Å². The van der Waals surface area contributed by atoms with Gasteiger partial charge in [0.2, 0.25) is 0 Å². The monoisotopic (exact) mass is 221 g/mol. The first-order chi connectivity index (χ1) is 7.33. The number of nitrogens with zero attached hydrogens (tertiary/aromatic N) is 1. The second-order valence-corrected chi connectivity index (χ2v) is 5.62. The highest BCUT2D eigenvalue weighted by Gasteiger charge is 2.39. The molecule has 0 unspecified atom stereocenters. The molecule has 2 bridgehead atoms. The minimum absolute atomic E-state index is 0.477. The molecule has 2 aliphatic heterocycles. The van der Waals surface area contributed by atoms with Crippen molar-refractivity contribution in [3.05, 3.63) is 22.4 Å². The van der Waals surface area contributed by atoms with Crippen molar-refractivity contribution >= 4 is 17.1 Å². The normalized spacial score (nSPS) is 31.1. The molecule has 0 spiro atoms. The largest absolute Gasteiger partial charge is 0.300 e. The molecule has 2 nitrogen and oxygen atoms in total. The maximum absolute atomic E-state index is 11.4. The molecule has 0 radical (unpaired) electrons. The van der Waals surface area contributed by atoms with Crippen LogP contribution in [-0.4, -0.2) is 22.8 Å². The van der Waals surface area contributed by atoms with E-state index in [1.165, 1.54) is 17.7 Å². The van der Waals surface area contributed by atoms with E-state index in [4.69, 9.17) is 0 Å². The number of ketones is 1. The third-order valence-electron chi connectivity index (χ3n) is 3.62. The fourth-order valence-electron chi connectivity index (χ4n) is 2.90. The average Bonchev–Trinajstić information content (AvgIpc) is 2.77. The Labute approximate surface area is 93.9 Å². The number of Topliss-reactive ketones (excluding diaryl/α,β-unsaturated/α-hetero) is 1. The van der Waals surface area contributed by atoms with Crippen LogP contribution in [0.5, 0.6) is 0 Å². The average molecular weight is 221 g/mol. The fourth-order valence-corrected chi connectivity index (χ4v) is 3.62. The molecule has 3 rings (SSSR count). The standard InChI is InChI=1S/C12H15NOS/c14-11-6-9-3-4-10(7-11)13(9)8-12-2-1-5-15-12/h1-2,5,9-10H,3-4,6-8H2/t9-,10+. The van der Waals surface area contributed by atoms with Crippen LogP contribution in [0.3, 0.4) is 0 Å². The van der Waals surface area contributed by atoms with Crippen LogP contribution in [-0.2, 0) is 11.3 Å². The van der Waals surface area contributed by atoms with Crippen LogP contribution in [0.25, 0.3) is 0 Å². The summed E-state index contributed by atoms with van der Waals surface area (Å²) in [5.74, 6) is 0.477. The van der Waals surface area contributed by atoms with Gasteiger partial charge in [-0.1, -0.05) is 6.07 Å². The van der Waals surface area contributed by atoms with E-state index in [1.807, 2.05) is 11.3 Å². The molecule has 0 saturated carbocycles. The lowest BCUT2D eigenvalue weighted by atomic mass is 10.0. The molecule has 0 aromatic carbocycles. The summed E-state index contributed by atoms with van der Waals surface area (Å²) >= 11 is 1.82. The lowest BCUT2D eigenvalue weighted by molar-refractivity contribution is -0.123. The molecule has 0 N–H and O–H groups in total. The zero-order chi connectivity index (χ0) is 10.3. The molecular weight excluding hydrogens is 206 g/mol. The van der Waals surface area contributed by atoms with Crippen LogP contribution in [0, 0.1) is 0 Å². The van der Waals surface area contributed by atoms with Crippen LogP contribution in [0.1, 0.15) is 30.6 Å². The predicted molar refractivity (Wildman–Crippen MR) is 60.9 cm³/mol. The van der Waals surface area contributed by atoms with Gasteiger partial charge in [-0.05, 0) is 24.3 Å². The summed E-state index contributed by atoms with van der Waals surface area (Å²) in [6.45, 7) is 1.06. The van der Waals surface area contributed by atoms with E-state index >= 15 is 0 Å². The van der Waals surface area contributed by atoms with Gasteiger partial charge in [-0.25, -0.2) is 0 Å². The van der Waals surface area contributed by atoms with E-state index in [0.29, 0.717) is 17.9 Å². The topological polar surface area (TPSA) is 20.3 Å². The van der Waals surface area contributed by atoms with Crippen molar-refractivity contribution < 1.29 is 4.79 Å². The van der Waals surface area contributed by atoms with Crippen LogP contribution in [0.4, 0.5) is 0 Å². The van der Waals surface area contributed by atoms with Crippen LogP contribution in [0.2, 0.25) is 0 Å². The zero-order valence-electron chi connectivity index (χ0n) is 8.69. The Balaban J connectivity index is 1.75. The van der Waals surface area contributed by atoms with Crippen LogP contribution in [0.15, 0.2) is 17.5 Å². The van der Waals surface area contributed by atoms with Crippen molar-refractivity contribution in [1.29, 1.82) is 0 Å². The molecule has 2 aliphatic rings. The first-order valence-corrected chi connectivity index (χ1v) is 6.51. The number of carbonyl (C=O) groups is 1. The molecule has 2 fully saturated rings. The fraction of sp³-hybridized carbons (Fsp3) is 0.583. The molecule has 2 saturated heterocycles. The Bertz CT molecular complexity index is 344. The minimum atomic E-state index is 0.477. The van der Waals surface area contributed by atoms with Crippen molar-refractivity contribution in [2.45, 2.75) is 44.3 Å². The third-order valence-corrected chi connectivity index (χ3v) is 4.48. The number of thiophene rings is 1. The highest BCUT2D eigenvalue weighted by Crippen LogP contribution is 2.35. The number of rotatable bonds is 2. The first kappa shape index (κ1) is 9.55. The number of hydrogen-bond donors (Lipinski definition) is 0. The van der Waals surface area contributed by atoms with E-state index < -0.39 is 0 Å². The van der Waals surface area contributed by atoms with Gasteiger partial charge in [0.1, 0.15) is 5.78 Å². The lowest BCUT2D eigenvalue weighted by Crippen LogP contribution is -2.42. The minimum Gasteiger partial charge on any atom is -0.300 e. The van der Waals surface area contributed by atoms with Crippen molar-refractivity contribution in [2.75, 3.05) is 0 Å².